The molecule has 1 heterocycles. The SMILES string of the molecule is CCN(CC(=O)NCCN1CCC(C)CC1)c1ccccc1. The van der Waals surface area contributed by atoms with Crippen LogP contribution in [-0.2, 0) is 4.79 Å². The Hall–Kier alpha value is -1.55. The van der Waals surface area contributed by atoms with E-state index in [0.29, 0.717) is 6.54 Å². The van der Waals surface area contributed by atoms with Crippen molar-refractivity contribution in [3.63, 3.8) is 0 Å². The van der Waals surface area contributed by atoms with Gasteiger partial charge in [-0.15, -0.1) is 0 Å². The summed E-state index contributed by atoms with van der Waals surface area (Å²) in [5.74, 6) is 0.964. The number of nitrogens with one attached hydrogen (secondary N) is 1. The molecule has 1 saturated heterocycles. The van der Waals surface area contributed by atoms with Gasteiger partial charge in [-0.05, 0) is 50.9 Å². The lowest BCUT2D eigenvalue weighted by atomic mass is 9.99. The first kappa shape index (κ1) is 16.8. The average Bonchev–Trinajstić information content (AvgIpc) is 2.55. The second-order valence-corrected chi connectivity index (χ2v) is 6.22. The van der Waals surface area contributed by atoms with E-state index in [0.717, 1.165) is 31.2 Å². The van der Waals surface area contributed by atoms with Crippen LogP contribution in [0.4, 0.5) is 5.69 Å². The minimum absolute atomic E-state index is 0.107. The van der Waals surface area contributed by atoms with Gasteiger partial charge in [0.05, 0.1) is 6.54 Å². The second kappa shape index (κ2) is 8.79. The molecule has 2 rings (SSSR count). The Bertz CT molecular complexity index is 441. The third-order valence-electron chi connectivity index (χ3n) is 4.46. The second-order valence-electron chi connectivity index (χ2n) is 6.22. The maximum atomic E-state index is 12.1. The van der Waals surface area contributed by atoms with Crippen LogP contribution in [0.15, 0.2) is 30.3 Å². The van der Waals surface area contributed by atoms with Gasteiger partial charge in [-0.2, -0.15) is 0 Å². The van der Waals surface area contributed by atoms with Crippen molar-refractivity contribution in [3.05, 3.63) is 30.3 Å². The summed E-state index contributed by atoms with van der Waals surface area (Å²) in [5, 5.41) is 3.05. The normalized spacial score (nSPS) is 16.5. The molecule has 1 aliphatic heterocycles. The predicted octanol–water partition coefficient (Wildman–Crippen LogP) is 2.36. The zero-order chi connectivity index (χ0) is 15.8. The molecule has 1 aliphatic rings. The smallest absolute Gasteiger partial charge is 0.239 e. The molecular formula is C18H29N3O. The summed E-state index contributed by atoms with van der Waals surface area (Å²) < 4.78 is 0. The molecule has 1 aromatic carbocycles. The highest BCUT2D eigenvalue weighted by Crippen LogP contribution is 2.15. The van der Waals surface area contributed by atoms with Gasteiger partial charge in [0.25, 0.3) is 0 Å². The Balaban J connectivity index is 1.68. The fraction of sp³-hybridized carbons (Fsp3) is 0.611. The average molecular weight is 303 g/mol. The highest BCUT2D eigenvalue weighted by atomic mass is 16.2. The number of hydrogen-bond donors (Lipinski definition) is 1. The van der Waals surface area contributed by atoms with Crippen LogP contribution in [-0.4, -0.2) is 50.1 Å². The van der Waals surface area contributed by atoms with E-state index in [1.54, 1.807) is 0 Å². The molecule has 0 aromatic heterocycles. The highest BCUT2D eigenvalue weighted by Gasteiger charge is 2.15. The fourth-order valence-electron chi connectivity index (χ4n) is 2.89. The number of anilines is 1. The van der Waals surface area contributed by atoms with Crippen molar-refractivity contribution < 1.29 is 4.79 Å². The molecule has 122 valence electrons. The topological polar surface area (TPSA) is 35.6 Å². The largest absolute Gasteiger partial charge is 0.363 e. The molecule has 1 N–H and O–H groups in total. The molecule has 22 heavy (non-hydrogen) atoms. The number of amides is 1. The van der Waals surface area contributed by atoms with Crippen molar-refractivity contribution in [3.8, 4) is 0 Å². The highest BCUT2D eigenvalue weighted by molar-refractivity contribution is 5.81. The number of rotatable bonds is 7. The number of nitrogens with zero attached hydrogens (tertiary/aromatic N) is 2. The summed E-state index contributed by atoms with van der Waals surface area (Å²) in [6.45, 7) is 9.72. The third kappa shape index (κ3) is 5.34. The van der Waals surface area contributed by atoms with Crippen molar-refractivity contribution in [1.29, 1.82) is 0 Å². The van der Waals surface area contributed by atoms with Gasteiger partial charge in [-0.25, -0.2) is 0 Å². The molecular weight excluding hydrogens is 274 g/mol. The van der Waals surface area contributed by atoms with Gasteiger partial charge in [-0.3, -0.25) is 4.79 Å². The van der Waals surface area contributed by atoms with E-state index in [1.807, 2.05) is 30.3 Å². The number of carbonyl (C=O) groups excluding carboxylic acids is 1. The molecule has 4 heteroatoms. The Morgan fingerprint density at radius 1 is 1.27 bits per heavy atom. The molecule has 0 unspecified atom stereocenters. The fourth-order valence-corrected chi connectivity index (χ4v) is 2.89. The predicted molar refractivity (Wildman–Crippen MR) is 92.2 cm³/mol. The van der Waals surface area contributed by atoms with Gasteiger partial charge < -0.3 is 15.1 Å². The van der Waals surface area contributed by atoms with Gasteiger partial charge >= 0.3 is 0 Å². The number of likely N-dealkylation sites (tertiary alicyclic amines) is 1. The minimum Gasteiger partial charge on any atom is -0.363 e. The van der Waals surface area contributed by atoms with E-state index in [1.165, 1.54) is 25.9 Å². The number of carbonyl (C=O) groups is 1. The summed E-state index contributed by atoms with van der Waals surface area (Å²) in [5.41, 5.74) is 1.10. The lowest BCUT2D eigenvalue weighted by Gasteiger charge is -2.30. The standard InChI is InChI=1S/C18H29N3O/c1-3-21(17-7-5-4-6-8-17)15-18(22)19-11-14-20-12-9-16(2)10-13-20/h4-8,16H,3,9-15H2,1-2H3,(H,19,22). The first-order chi connectivity index (χ1) is 10.7. The number of hydrogen-bond acceptors (Lipinski definition) is 3. The maximum absolute atomic E-state index is 12.1. The lowest BCUT2D eigenvalue weighted by Crippen LogP contribution is -2.42. The van der Waals surface area contributed by atoms with E-state index in [4.69, 9.17) is 0 Å². The van der Waals surface area contributed by atoms with E-state index < -0.39 is 0 Å². The number of likely N-dealkylation sites (N-methyl/N-ethyl adjacent to an activating group) is 1. The van der Waals surface area contributed by atoms with Crippen molar-refractivity contribution in [2.75, 3.05) is 44.2 Å². The van der Waals surface area contributed by atoms with Crippen LogP contribution in [0, 0.1) is 5.92 Å². The number of para-hydroxylation sites is 1. The van der Waals surface area contributed by atoms with Gasteiger partial charge in [-0.1, -0.05) is 25.1 Å². The summed E-state index contributed by atoms with van der Waals surface area (Å²) >= 11 is 0. The van der Waals surface area contributed by atoms with E-state index in [9.17, 15) is 4.79 Å². The van der Waals surface area contributed by atoms with Crippen molar-refractivity contribution in [2.24, 2.45) is 5.92 Å². The van der Waals surface area contributed by atoms with Crippen LogP contribution in [0.1, 0.15) is 26.7 Å². The van der Waals surface area contributed by atoms with Gasteiger partial charge in [0, 0.05) is 25.3 Å². The zero-order valence-corrected chi connectivity index (χ0v) is 13.9. The quantitative estimate of drug-likeness (QED) is 0.840. The number of benzene rings is 1. The summed E-state index contributed by atoms with van der Waals surface area (Å²) in [6, 6.07) is 10.1. The molecule has 1 amide bonds. The Kier molecular flexibility index (Phi) is 6.72. The van der Waals surface area contributed by atoms with Crippen LogP contribution in [0.25, 0.3) is 0 Å². The summed E-state index contributed by atoms with van der Waals surface area (Å²) in [6.07, 6.45) is 2.57. The van der Waals surface area contributed by atoms with Crippen LogP contribution in [0.2, 0.25) is 0 Å². The van der Waals surface area contributed by atoms with Crippen LogP contribution < -0.4 is 10.2 Å². The molecule has 0 radical (unpaired) electrons. The van der Waals surface area contributed by atoms with E-state index >= 15 is 0 Å². The molecule has 1 aromatic rings. The maximum Gasteiger partial charge on any atom is 0.239 e. The van der Waals surface area contributed by atoms with Gasteiger partial charge in [0.1, 0.15) is 0 Å². The van der Waals surface area contributed by atoms with Crippen LogP contribution >= 0.6 is 0 Å². The molecule has 0 bridgehead atoms. The third-order valence-corrected chi connectivity index (χ3v) is 4.46. The first-order valence-electron chi connectivity index (χ1n) is 8.48. The molecule has 0 atom stereocenters. The lowest BCUT2D eigenvalue weighted by molar-refractivity contribution is -0.119. The molecule has 0 spiro atoms. The first-order valence-corrected chi connectivity index (χ1v) is 8.48. The van der Waals surface area contributed by atoms with Crippen LogP contribution in [0.3, 0.4) is 0 Å². The summed E-state index contributed by atoms with van der Waals surface area (Å²) in [7, 11) is 0. The Morgan fingerprint density at radius 3 is 2.59 bits per heavy atom. The van der Waals surface area contributed by atoms with Crippen molar-refractivity contribution >= 4 is 11.6 Å². The molecule has 1 fully saturated rings. The zero-order valence-electron chi connectivity index (χ0n) is 13.9. The van der Waals surface area contributed by atoms with Crippen molar-refractivity contribution in [1.82, 2.24) is 10.2 Å². The van der Waals surface area contributed by atoms with Crippen molar-refractivity contribution in [2.45, 2.75) is 26.7 Å². The monoisotopic (exact) mass is 303 g/mol. The minimum atomic E-state index is 0.107. The number of piperidine rings is 1. The van der Waals surface area contributed by atoms with Gasteiger partial charge in [0.2, 0.25) is 5.91 Å². The van der Waals surface area contributed by atoms with Crippen LogP contribution in [0.5, 0.6) is 0 Å². The van der Waals surface area contributed by atoms with E-state index in [2.05, 4.69) is 29.0 Å². The summed E-state index contributed by atoms with van der Waals surface area (Å²) in [4.78, 5) is 16.7. The molecule has 0 aliphatic carbocycles. The van der Waals surface area contributed by atoms with Gasteiger partial charge in [0.15, 0.2) is 0 Å². The Morgan fingerprint density at radius 2 is 1.95 bits per heavy atom. The molecule has 4 nitrogen and oxygen atoms in total. The molecule has 0 saturated carbocycles. The Labute approximate surface area is 134 Å². The van der Waals surface area contributed by atoms with E-state index in [-0.39, 0.29) is 5.91 Å².